The van der Waals surface area contributed by atoms with E-state index in [9.17, 15) is 19.2 Å². The first-order chi connectivity index (χ1) is 31.4. The maximum Gasteiger partial charge on any atom is 0.407 e. The molecule has 2 aliphatic heterocycles. The zero-order chi connectivity index (χ0) is 45.8. The van der Waals surface area contributed by atoms with Crippen molar-refractivity contribution in [3.8, 4) is 33.6 Å². The molecule has 8 rings (SSSR count). The summed E-state index contributed by atoms with van der Waals surface area (Å²) in [4.78, 5) is 72.3. The van der Waals surface area contributed by atoms with Crippen LogP contribution in [0.25, 0.3) is 44.4 Å². The van der Waals surface area contributed by atoms with Gasteiger partial charge in [0.05, 0.1) is 50.1 Å². The van der Waals surface area contributed by atoms with Gasteiger partial charge < -0.3 is 39.9 Å². The zero-order valence-electron chi connectivity index (χ0n) is 37.8. The SMILES string of the molecule is COC(=O)N[C@H](C(=O)N1CCC[C@H]1c1ncc(-c2ccc3cc(-c4ccc(-c5cnc([C@@H]6C[C@@H](Cc7ccccc7)CN6C(=O)[C@@H](NC(=O)OC)C(C)C)[nH]5)cc4)ccc3c2)[nH]1)C(C)C. The molecule has 14 nitrogen and oxygen atoms in total. The maximum absolute atomic E-state index is 14.2. The van der Waals surface area contributed by atoms with Gasteiger partial charge in [0, 0.05) is 18.7 Å². The summed E-state index contributed by atoms with van der Waals surface area (Å²) in [5, 5.41) is 7.66. The van der Waals surface area contributed by atoms with Gasteiger partial charge in [0.15, 0.2) is 0 Å². The van der Waals surface area contributed by atoms with Gasteiger partial charge in [-0.1, -0.05) is 107 Å². The van der Waals surface area contributed by atoms with Crippen molar-refractivity contribution in [2.45, 2.75) is 77.5 Å². The molecule has 0 aliphatic carbocycles. The third-order valence-electron chi connectivity index (χ3n) is 12.9. The quantitative estimate of drug-likeness (QED) is 0.0890. The smallest absolute Gasteiger partial charge is 0.407 e. The fraction of sp³-hybridized carbons (Fsp3) is 0.373. The third kappa shape index (κ3) is 9.76. The number of aromatic amines is 2. The molecule has 2 aromatic heterocycles. The largest absolute Gasteiger partial charge is 0.453 e. The van der Waals surface area contributed by atoms with Crippen LogP contribution >= 0.6 is 0 Å². The molecule has 2 saturated heterocycles. The van der Waals surface area contributed by atoms with Gasteiger partial charge in [-0.25, -0.2) is 19.6 Å². The Kier molecular flexibility index (Phi) is 13.3. The Morgan fingerprint density at radius 1 is 0.662 bits per heavy atom. The van der Waals surface area contributed by atoms with E-state index in [1.54, 1.807) is 0 Å². The monoisotopic (exact) mass is 878 g/mol. The van der Waals surface area contributed by atoms with Crippen LogP contribution in [-0.4, -0.2) is 93.1 Å². The molecule has 0 bridgehead atoms. The molecule has 14 heteroatoms. The summed E-state index contributed by atoms with van der Waals surface area (Å²) in [5.41, 5.74) is 7.07. The molecule has 0 saturated carbocycles. The van der Waals surface area contributed by atoms with E-state index in [1.165, 1.54) is 19.8 Å². The van der Waals surface area contributed by atoms with Crippen LogP contribution in [0.1, 0.15) is 76.3 Å². The van der Waals surface area contributed by atoms with E-state index in [4.69, 9.17) is 19.4 Å². The van der Waals surface area contributed by atoms with Gasteiger partial charge in [0.25, 0.3) is 0 Å². The first-order valence-electron chi connectivity index (χ1n) is 22.5. The molecule has 0 unspecified atom stereocenters. The minimum absolute atomic E-state index is 0.110. The summed E-state index contributed by atoms with van der Waals surface area (Å²) in [6.07, 6.45) is 5.59. The number of fused-ring (bicyclic) bond motifs is 1. The number of methoxy groups -OCH3 is 2. The average molecular weight is 879 g/mol. The van der Waals surface area contributed by atoms with Crippen LogP contribution < -0.4 is 10.6 Å². The number of carbonyl (C=O) groups excluding carboxylic acids is 4. The van der Waals surface area contributed by atoms with Gasteiger partial charge >= 0.3 is 12.2 Å². The molecular weight excluding hydrogens is 821 g/mol. The maximum atomic E-state index is 14.2. The summed E-state index contributed by atoms with van der Waals surface area (Å²) >= 11 is 0. The highest BCUT2D eigenvalue weighted by atomic mass is 16.5. The van der Waals surface area contributed by atoms with Crippen LogP contribution in [-0.2, 0) is 25.5 Å². The number of alkyl carbamates (subject to hydrolysis) is 2. The lowest BCUT2D eigenvalue weighted by atomic mass is 9.96. The van der Waals surface area contributed by atoms with Crippen LogP contribution in [0.2, 0.25) is 0 Å². The Morgan fingerprint density at radius 2 is 1.18 bits per heavy atom. The molecular formula is C51H58N8O6. The van der Waals surface area contributed by atoms with Crippen molar-refractivity contribution in [1.29, 1.82) is 0 Å². The van der Waals surface area contributed by atoms with E-state index in [2.05, 4.69) is 93.4 Å². The predicted octanol–water partition coefficient (Wildman–Crippen LogP) is 8.84. The summed E-state index contributed by atoms with van der Waals surface area (Å²) in [7, 11) is 2.59. The van der Waals surface area contributed by atoms with Crippen molar-refractivity contribution in [3.05, 3.63) is 121 Å². The second-order valence-corrected chi connectivity index (χ2v) is 17.9. The minimum Gasteiger partial charge on any atom is -0.453 e. The average Bonchev–Trinajstić information content (AvgIpc) is 4.17. The van der Waals surface area contributed by atoms with E-state index in [1.807, 2.05) is 68.1 Å². The fourth-order valence-electron chi connectivity index (χ4n) is 9.33. The number of aromatic nitrogens is 4. The van der Waals surface area contributed by atoms with E-state index >= 15 is 0 Å². The normalized spacial score (nSPS) is 18.2. The van der Waals surface area contributed by atoms with Gasteiger partial charge in [-0.2, -0.15) is 0 Å². The number of H-pyrrole nitrogens is 2. The highest BCUT2D eigenvalue weighted by Gasteiger charge is 2.42. The first kappa shape index (κ1) is 44.6. The van der Waals surface area contributed by atoms with Crippen molar-refractivity contribution in [3.63, 3.8) is 0 Å². The number of imidazole rings is 2. The number of hydrogen-bond donors (Lipinski definition) is 4. The lowest BCUT2D eigenvalue weighted by Crippen LogP contribution is -2.51. The summed E-state index contributed by atoms with van der Waals surface area (Å²) < 4.78 is 9.64. The van der Waals surface area contributed by atoms with Gasteiger partial charge in [-0.3, -0.25) is 9.59 Å². The van der Waals surface area contributed by atoms with E-state index in [0.717, 1.165) is 75.9 Å². The standard InChI is InChI=1S/C51H58N8O6/c1-30(2)44(56-50(62)64-5)48(60)58-22-10-13-42(58)46-52-28-41(55-46)39-21-20-37-25-36(18-19-38(37)26-39)34-14-16-35(17-15-34)40-27-53-47(54-40)43-24-33(23-32-11-8-7-9-12-32)29-59(43)49(61)45(31(3)4)57-51(63)65-6/h7-9,11-12,14-21,25-28,30-31,33,42-45H,10,13,22-24,29H2,1-6H3,(H,52,55)(H,53,54)(H,56,62)(H,57,63)/t33-,42+,43+,44+,45+/m1/s1. The van der Waals surface area contributed by atoms with Crippen molar-refractivity contribution in [2.24, 2.45) is 17.8 Å². The van der Waals surface area contributed by atoms with E-state index in [0.29, 0.717) is 18.9 Å². The van der Waals surface area contributed by atoms with Gasteiger partial charge in [-0.05, 0) is 88.6 Å². The molecule has 5 atom stereocenters. The van der Waals surface area contributed by atoms with Crippen molar-refractivity contribution >= 4 is 34.8 Å². The molecule has 0 spiro atoms. The topological polar surface area (TPSA) is 175 Å². The molecule has 0 radical (unpaired) electrons. The highest BCUT2D eigenvalue weighted by molar-refractivity contribution is 5.91. The number of amides is 4. The van der Waals surface area contributed by atoms with Gasteiger partial charge in [0.1, 0.15) is 23.7 Å². The number of likely N-dealkylation sites (tertiary alicyclic amines) is 2. The Bertz CT molecular complexity index is 2640. The van der Waals surface area contributed by atoms with Crippen molar-refractivity contribution < 1.29 is 28.7 Å². The lowest BCUT2D eigenvalue weighted by molar-refractivity contribution is -0.136. The predicted molar refractivity (Wildman–Crippen MR) is 249 cm³/mol. The lowest BCUT2D eigenvalue weighted by Gasteiger charge is -2.30. The third-order valence-corrected chi connectivity index (χ3v) is 12.9. The van der Waals surface area contributed by atoms with Crippen LogP contribution in [0, 0.1) is 17.8 Å². The van der Waals surface area contributed by atoms with Gasteiger partial charge in [-0.15, -0.1) is 0 Å². The Balaban J connectivity index is 0.963. The number of hydrogen-bond acceptors (Lipinski definition) is 8. The second kappa shape index (κ2) is 19.4. The number of carbonyl (C=O) groups is 4. The van der Waals surface area contributed by atoms with Gasteiger partial charge in [0.2, 0.25) is 11.8 Å². The summed E-state index contributed by atoms with van der Waals surface area (Å²) in [6, 6.07) is 29.5. The highest BCUT2D eigenvalue weighted by Crippen LogP contribution is 2.38. The molecule has 2 fully saturated rings. The Hall–Kier alpha value is -6.96. The number of ether oxygens (including phenoxy) is 2. The van der Waals surface area contributed by atoms with Crippen LogP contribution in [0.5, 0.6) is 0 Å². The molecule has 2 aliphatic rings. The number of nitrogens with zero attached hydrogens (tertiary/aromatic N) is 4. The second-order valence-electron chi connectivity index (χ2n) is 17.9. The van der Waals surface area contributed by atoms with E-state index in [-0.39, 0.29) is 41.7 Å². The molecule has 4 aromatic carbocycles. The van der Waals surface area contributed by atoms with Crippen LogP contribution in [0.3, 0.4) is 0 Å². The minimum atomic E-state index is -0.735. The first-order valence-corrected chi connectivity index (χ1v) is 22.5. The fourth-order valence-corrected chi connectivity index (χ4v) is 9.33. The van der Waals surface area contributed by atoms with Crippen molar-refractivity contribution in [2.75, 3.05) is 27.3 Å². The molecule has 4 N–H and O–H groups in total. The van der Waals surface area contributed by atoms with E-state index < -0.39 is 24.3 Å². The number of benzene rings is 4. The van der Waals surface area contributed by atoms with Crippen LogP contribution in [0.15, 0.2) is 103 Å². The number of nitrogens with one attached hydrogen (secondary N) is 4. The van der Waals surface area contributed by atoms with Crippen LogP contribution in [0.4, 0.5) is 9.59 Å². The molecule has 338 valence electrons. The zero-order valence-corrected chi connectivity index (χ0v) is 37.8. The summed E-state index contributed by atoms with van der Waals surface area (Å²) in [6.45, 7) is 8.79. The Morgan fingerprint density at radius 3 is 1.78 bits per heavy atom. The molecule has 4 heterocycles. The molecule has 4 amide bonds. The van der Waals surface area contributed by atoms with Crippen molar-refractivity contribution in [1.82, 2.24) is 40.4 Å². The summed E-state index contributed by atoms with van der Waals surface area (Å²) in [5.74, 6) is 1.12. The Labute approximate surface area is 379 Å². The molecule has 65 heavy (non-hydrogen) atoms. The molecule has 6 aromatic rings. The number of rotatable bonds is 13.